The predicted octanol–water partition coefficient (Wildman–Crippen LogP) is 2.87. The minimum atomic E-state index is -1.61. The normalized spacial score (nSPS) is 15.6. The van der Waals surface area contributed by atoms with Crippen LogP contribution in [-0.2, 0) is 33.8 Å². The van der Waals surface area contributed by atoms with E-state index in [2.05, 4.69) is 0 Å². The van der Waals surface area contributed by atoms with Crippen molar-refractivity contribution in [1.29, 1.82) is 0 Å². The zero-order chi connectivity index (χ0) is 24.6. The second-order valence-electron chi connectivity index (χ2n) is 8.37. The van der Waals surface area contributed by atoms with Crippen LogP contribution in [0.15, 0.2) is 91.0 Å². The molecule has 0 spiro atoms. The maximum atomic E-state index is 12.3. The van der Waals surface area contributed by atoms with Crippen molar-refractivity contribution in [3.05, 3.63) is 108 Å². The molecule has 3 aromatic rings. The summed E-state index contributed by atoms with van der Waals surface area (Å²) in [5, 5.41) is 19.9. The van der Waals surface area contributed by atoms with E-state index in [1.165, 1.54) is 0 Å². The first-order chi connectivity index (χ1) is 16.3. The smallest absolute Gasteiger partial charge is 0.323 e. The number of aliphatic carboxylic acids is 2. The molecule has 7 nitrogen and oxygen atoms in total. The monoisotopic (exact) mass is 462 g/mol. The Labute approximate surface area is 199 Å². The van der Waals surface area contributed by atoms with Crippen LogP contribution in [0.5, 0.6) is 0 Å². The fraction of sp³-hybridized carbons (Fsp3) is 0.259. The van der Waals surface area contributed by atoms with Gasteiger partial charge in [-0.3, -0.25) is 9.59 Å². The molecule has 178 valence electrons. The van der Waals surface area contributed by atoms with Gasteiger partial charge in [0.15, 0.2) is 0 Å². The van der Waals surface area contributed by atoms with E-state index in [9.17, 15) is 19.8 Å². The SMILES string of the molecule is NC(C(=O)O)C(Cc1ccccc1)C(Cc1ccccc1)(OCc1ccccc1)[C@H](N)C(=O)O. The van der Waals surface area contributed by atoms with E-state index in [1.54, 1.807) is 0 Å². The summed E-state index contributed by atoms with van der Waals surface area (Å²) < 4.78 is 6.40. The van der Waals surface area contributed by atoms with E-state index >= 15 is 0 Å². The first-order valence-corrected chi connectivity index (χ1v) is 11.1. The van der Waals surface area contributed by atoms with Crippen LogP contribution in [0, 0.1) is 5.92 Å². The number of ether oxygens (including phenoxy) is 1. The topological polar surface area (TPSA) is 136 Å². The second kappa shape index (κ2) is 11.6. The summed E-state index contributed by atoms with van der Waals surface area (Å²) in [4.78, 5) is 24.4. The van der Waals surface area contributed by atoms with E-state index in [4.69, 9.17) is 16.2 Å². The number of hydrogen-bond acceptors (Lipinski definition) is 5. The van der Waals surface area contributed by atoms with Crippen LogP contribution in [-0.4, -0.2) is 39.8 Å². The average molecular weight is 463 g/mol. The average Bonchev–Trinajstić information content (AvgIpc) is 2.86. The van der Waals surface area contributed by atoms with Crippen molar-refractivity contribution in [2.24, 2.45) is 17.4 Å². The van der Waals surface area contributed by atoms with Crippen LogP contribution in [0.2, 0.25) is 0 Å². The Bertz CT molecular complexity index is 1060. The summed E-state index contributed by atoms with van der Waals surface area (Å²) in [7, 11) is 0. The van der Waals surface area contributed by atoms with Gasteiger partial charge in [0, 0.05) is 12.3 Å². The number of nitrogens with two attached hydrogens (primary N) is 2. The Morgan fingerprint density at radius 3 is 1.68 bits per heavy atom. The highest BCUT2D eigenvalue weighted by molar-refractivity contribution is 5.77. The number of rotatable bonds is 12. The summed E-state index contributed by atoms with van der Waals surface area (Å²) in [6, 6.07) is 24.7. The van der Waals surface area contributed by atoms with E-state index in [1.807, 2.05) is 91.0 Å². The highest BCUT2D eigenvalue weighted by atomic mass is 16.5. The molecule has 0 saturated heterocycles. The fourth-order valence-electron chi connectivity index (χ4n) is 4.28. The number of carboxylic acids is 2. The lowest BCUT2D eigenvalue weighted by Gasteiger charge is -2.45. The molecule has 3 unspecified atom stereocenters. The lowest BCUT2D eigenvalue weighted by molar-refractivity contribution is -0.166. The molecule has 0 aliphatic carbocycles. The van der Waals surface area contributed by atoms with Crippen LogP contribution in [0.3, 0.4) is 0 Å². The summed E-state index contributed by atoms with van der Waals surface area (Å²) >= 11 is 0. The molecule has 0 radical (unpaired) electrons. The molecular weight excluding hydrogens is 432 g/mol. The molecule has 3 rings (SSSR count). The van der Waals surface area contributed by atoms with Gasteiger partial charge in [0.25, 0.3) is 0 Å². The summed E-state index contributed by atoms with van der Waals surface area (Å²) in [6.07, 6.45) is 0.254. The van der Waals surface area contributed by atoms with E-state index in [0.717, 1.165) is 16.7 Å². The Hall–Kier alpha value is -3.52. The standard InChI is InChI=1S/C27H30N2O5/c28-23(25(30)31)22(16-19-10-4-1-5-11-19)27(24(29)26(32)33,17-20-12-6-2-7-13-20)34-18-21-14-8-3-9-15-21/h1-15,22-24H,16-18,28-29H2,(H,30,31)(H,32,33)/t22?,23?,24-,27?/m1/s1. The number of carbonyl (C=O) groups is 2. The Balaban J connectivity index is 2.15. The van der Waals surface area contributed by atoms with Crippen molar-refractivity contribution < 1.29 is 24.5 Å². The molecule has 3 aromatic carbocycles. The maximum Gasteiger partial charge on any atom is 0.323 e. The minimum Gasteiger partial charge on any atom is -0.480 e. The number of hydrogen-bond donors (Lipinski definition) is 4. The van der Waals surface area contributed by atoms with Crippen LogP contribution in [0.25, 0.3) is 0 Å². The number of benzene rings is 3. The third kappa shape index (κ3) is 6.08. The van der Waals surface area contributed by atoms with Gasteiger partial charge in [-0.25, -0.2) is 0 Å². The van der Waals surface area contributed by atoms with Crippen molar-refractivity contribution in [2.75, 3.05) is 0 Å². The van der Waals surface area contributed by atoms with Crippen LogP contribution in [0.1, 0.15) is 16.7 Å². The second-order valence-corrected chi connectivity index (χ2v) is 8.37. The largest absolute Gasteiger partial charge is 0.480 e. The van der Waals surface area contributed by atoms with Gasteiger partial charge in [-0.2, -0.15) is 0 Å². The third-order valence-corrected chi connectivity index (χ3v) is 6.11. The van der Waals surface area contributed by atoms with Crippen molar-refractivity contribution in [1.82, 2.24) is 0 Å². The van der Waals surface area contributed by atoms with Gasteiger partial charge in [0.05, 0.1) is 6.61 Å². The molecule has 6 N–H and O–H groups in total. The first-order valence-electron chi connectivity index (χ1n) is 11.1. The molecule has 7 heteroatoms. The molecule has 0 aliphatic heterocycles. The molecule has 0 fully saturated rings. The molecular formula is C27H30N2O5. The zero-order valence-electron chi connectivity index (χ0n) is 18.8. The summed E-state index contributed by atoms with van der Waals surface area (Å²) in [5.74, 6) is -3.48. The fourth-order valence-corrected chi connectivity index (χ4v) is 4.28. The van der Waals surface area contributed by atoms with Crippen molar-refractivity contribution >= 4 is 11.9 Å². The lowest BCUT2D eigenvalue weighted by Crippen LogP contribution is -2.65. The highest BCUT2D eigenvalue weighted by Crippen LogP contribution is 2.36. The van der Waals surface area contributed by atoms with Crippen LogP contribution < -0.4 is 11.5 Å². The molecule has 0 bridgehead atoms. The van der Waals surface area contributed by atoms with Gasteiger partial charge in [0.2, 0.25) is 0 Å². The Morgan fingerprint density at radius 1 is 0.735 bits per heavy atom. The molecule has 0 amide bonds. The molecule has 34 heavy (non-hydrogen) atoms. The van der Waals surface area contributed by atoms with Gasteiger partial charge in [-0.15, -0.1) is 0 Å². The van der Waals surface area contributed by atoms with Gasteiger partial charge in [-0.1, -0.05) is 91.0 Å². The summed E-state index contributed by atoms with van der Waals surface area (Å²) in [5.41, 5.74) is 13.3. The van der Waals surface area contributed by atoms with Gasteiger partial charge >= 0.3 is 11.9 Å². The molecule has 0 aliphatic rings. The van der Waals surface area contributed by atoms with Gasteiger partial charge < -0.3 is 26.4 Å². The zero-order valence-corrected chi connectivity index (χ0v) is 18.8. The first kappa shape index (κ1) is 25.1. The third-order valence-electron chi connectivity index (χ3n) is 6.11. The Morgan fingerprint density at radius 2 is 1.21 bits per heavy atom. The van der Waals surface area contributed by atoms with Crippen molar-refractivity contribution in [2.45, 2.75) is 37.1 Å². The van der Waals surface area contributed by atoms with Gasteiger partial charge in [0.1, 0.15) is 17.7 Å². The highest BCUT2D eigenvalue weighted by Gasteiger charge is 2.52. The summed E-state index contributed by atoms with van der Waals surface area (Å²) in [6.45, 7) is 0.0479. The minimum absolute atomic E-state index is 0.0479. The van der Waals surface area contributed by atoms with E-state index in [-0.39, 0.29) is 19.4 Å². The number of carboxylic acid groups (broad SMARTS) is 2. The van der Waals surface area contributed by atoms with E-state index < -0.39 is 35.5 Å². The molecule has 0 heterocycles. The molecule has 0 aromatic heterocycles. The van der Waals surface area contributed by atoms with Crippen LogP contribution >= 0.6 is 0 Å². The lowest BCUT2D eigenvalue weighted by atomic mass is 9.70. The van der Waals surface area contributed by atoms with Gasteiger partial charge in [-0.05, 0) is 23.1 Å². The molecule has 0 saturated carbocycles. The van der Waals surface area contributed by atoms with Crippen molar-refractivity contribution in [3.63, 3.8) is 0 Å². The molecule has 4 atom stereocenters. The quantitative estimate of drug-likeness (QED) is 0.325. The van der Waals surface area contributed by atoms with Crippen molar-refractivity contribution in [3.8, 4) is 0 Å². The Kier molecular flexibility index (Phi) is 8.54. The predicted molar refractivity (Wildman–Crippen MR) is 129 cm³/mol. The maximum absolute atomic E-state index is 12.3. The van der Waals surface area contributed by atoms with Crippen LogP contribution in [0.4, 0.5) is 0 Å². The van der Waals surface area contributed by atoms with E-state index in [0.29, 0.717) is 0 Å².